The van der Waals surface area contributed by atoms with Gasteiger partial charge in [-0.15, -0.1) is 0 Å². The number of hydrogen-bond acceptors (Lipinski definition) is 6. The summed E-state index contributed by atoms with van der Waals surface area (Å²) in [5.74, 6) is -0.163. The molecule has 1 heterocycles. The maximum atomic E-state index is 10.5. The molecule has 1 saturated heterocycles. The second-order valence-corrected chi connectivity index (χ2v) is 5.62. The fraction of sp³-hybridized carbons (Fsp3) is 1.00. The van der Waals surface area contributed by atoms with Crippen LogP contribution in [0.25, 0.3) is 0 Å². The minimum Gasteiger partial charge on any atom is -0.870 e. The van der Waals surface area contributed by atoms with Crippen molar-refractivity contribution in [1.82, 2.24) is 9.80 Å². The average Bonchev–Trinajstić information content (AvgIpc) is 2.19. The molecule has 1 aliphatic rings. The Balaban J connectivity index is 0. The Bertz CT molecular complexity index is 293. The zero-order valence-electron chi connectivity index (χ0n) is 10.8. The smallest absolute Gasteiger partial charge is 0.870 e. The van der Waals surface area contributed by atoms with Crippen LogP contribution in [0.2, 0.25) is 0 Å². The van der Waals surface area contributed by atoms with E-state index in [1.807, 2.05) is 0 Å². The second-order valence-electron chi connectivity index (χ2n) is 4.05. The molecule has 0 unspecified atom stereocenters. The Morgan fingerprint density at radius 2 is 1.44 bits per heavy atom. The minimum atomic E-state index is -3.81. The first-order chi connectivity index (χ1) is 7.51. The molecule has 0 atom stereocenters. The standard InChI is InChI=1S/C9H20N2O4S.Na.H2O/c12-8-7-11-5-3-10(4-6-11)2-1-9-16(13,14)15;;/h12H,1-9H2,(H,13,14,15);;1H2/q;+1;/p-1. The van der Waals surface area contributed by atoms with Crippen LogP contribution in [-0.4, -0.2) is 85.0 Å². The third-order valence-corrected chi connectivity index (χ3v) is 3.56. The van der Waals surface area contributed by atoms with Crippen LogP contribution in [0.4, 0.5) is 0 Å². The van der Waals surface area contributed by atoms with E-state index in [0.717, 1.165) is 26.2 Å². The van der Waals surface area contributed by atoms with E-state index in [9.17, 15) is 8.42 Å². The fourth-order valence-electron chi connectivity index (χ4n) is 1.85. The summed E-state index contributed by atoms with van der Waals surface area (Å²) in [5, 5.41) is 8.77. The Hall–Kier alpha value is 0.750. The predicted octanol–water partition coefficient (Wildman–Crippen LogP) is -4.30. The van der Waals surface area contributed by atoms with E-state index in [0.29, 0.717) is 19.5 Å². The van der Waals surface area contributed by atoms with Gasteiger partial charge in [0.05, 0.1) is 12.4 Å². The van der Waals surface area contributed by atoms with Crippen LogP contribution >= 0.6 is 0 Å². The molecule has 104 valence electrons. The quantitative estimate of drug-likeness (QED) is 0.376. The van der Waals surface area contributed by atoms with Crippen molar-refractivity contribution >= 4 is 10.1 Å². The SMILES string of the molecule is O=S(=O)(O)CCCN1CCN(CCO)CC1.[Na+].[OH-]. The van der Waals surface area contributed by atoms with E-state index in [1.165, 1.54) is 0 Å². The molecule has 1 aliphatic heterocycles. The van der Waals surface area contributed by atoms with Crippen molar-refractivity contribution in [2.75, 3.05) is 51.6 Å². The van der Waals surface area contributed by atoms with Gasteiger partial charge in [-0.05, 0) is 13.0 Å². The number of nitrogens with zero attached hydrogens (tertiary/aromatic N) is 2. The van der Waals surface area contributed by atoms with Crippen molar-refractivity contribution in [3.8, 4) is 0 Å². The van der Waals surface area contributed by atoms with E-state index < -0.39 is 10.1 Å². The van der Waals surface area contributed by atoms with Crippen LogP contribution in [0.15, 0.2) is 0 Å². The van der Waals surface area contributed by atoms with Crippen LogP contribution in [0, 0.1) is 0 Å². The van der Waals surface area contributed by atoms with Gasteiger partial charge in [-0.25, -0.2) is 0 Å². The molecule has 0 aromatic rings. The van der Waals surface area contributed by atoms with Gasteiger partial charge in [0, 0.05) is 32.7 Å². The predicted molar refractivity (Wildman–Crippen MR) is 62.9 cm³/mol. The first-order valence-corrected chi connectivity index (χ1v) is 7.13. The van der Waals surface area contributed by atoms with E-state index in [-0.39, 0.29) is 47.4 Å². The van der Waals surface area contributed by atoms with E-state index >= 15 is 0 Å². The molecule has 0 bridgehead atoms. The van der Waals surface area contributed by atoms with Gasteiger partial charge >= 0.3 is 29.6 Å². The van der Waals surface area contributed by atoms with Gasteiger partial charge in [-0.1, -0.05) is 0 Å². The maximum absolute atomic E-state index is 10.5. The van der Waals surface area contributed by atoms with Gasteiger partial charge in [0.15, 0.2) is 0 Å². The zero-order valence-corrected chi connectivity index (χ0v) is 13.6. The summed E-state index contributed by atoms with van der Waals surface area (Å²) in [6, 6.07) is 0. The van der Waals surface area contributed by atoms with Crippen molar-refractivity contribution in [1.29, 1.82) is 0 Å². The summed E-state index contributed by atoms with van der Waals surface area (Å²) >= 11 is 0. The number of β-amino-alcohol motifs (C(OH)–C–C–N with tert-alkyl or cyclic N) is 1. The van der Waals surface area contributed by atoms with Crippen molar-refractivity contribution in [2.45, 2.75) is 6.42 Å². The van der Waals surface area contributed by atoms with Crippen LogP contribution in [-0.2, 0) is 10.1 Å². The number of aliphatic hydroxyl groups is 1. The monoisotopic (exact) mass is 292 g/mol. The van der Waals surface area contributed by atoms with E-state index in [4.69, 9.17) is 9.66 Å². The second kappa shape index (κ2) is 10.5. The third kappa shape index (κ3) is 9.65. The Morgan fingerprint density at radius 1 is 1.00 bits per heavy atom. The topological polar surface area (TPSA) is 111 Å². The summed E-state index contributed by atoms with van der Waals surface area (Å²) in [6.45, 7) is 5.20. The summed E-state index contributed by atoms with van der Waals surface area (Å²) in [6.07, 6.45) is 0.471. The van der Waals surface area contributed by atoms with Crippen LogP contribution in [0.5, 0.6) is 0 Å². The minimum absolute atomic E-state index is 0. The van der Waals surface area contributed by atoms with Gasteiger partial charge in [-0.3, -0.25) is 9.45 Å². The Kier molecular flexibility index (Phi) is 12.3. The van der Waals surface area contributed by atoms with Crippen molar-refractivity contribution in [2.24, 2.45) is 0 Å². The molecule has 0 aromatic heterocycles. The molecule has 1 fully saturated rings. The number of rotatable bonds is 6. The first kappa shape index (κ1) is 21.1. The van der Waals surface area contributed by atoms with Gasteiger partial charge in [0.1, 0.15) is 0 Å². The fourth-order valence-corrected chi connectivity index (χ4v) is 2.34. The van der Waals surface area contributed by atoms with E-state index in [1.54, 1.807) is 0 Å². The van der Waals surface area contributed by atoms with Gasteiger partial charge < -0.3 is 15.5 Å². The third-order valence-electron chi connectivity index (χ3n) is 2.76. The summed E-state index contributed by atoms with van der Waals surface area (Å²) < 4.78 is 29.6. The Morgan fingerprint density at radius 3 is 1.83 bits per heavy atom. The Labute approximate surface area is 130 Å². The molecule has 0 saturated carbocycles. The van der Waals surface area contributed by atoms with Gasteiger partial charge in [0.2, 0.25) is 0 Å². The summed E-state index contributed by atoms with van der Waals surface area (Å²) in [5.41, 5.74) is 0. The molecule has 0 radical (unpaired) electrons. The molecular formula is C9H21N2NaO5S. The molecule has 18 heavy (non-hydrogen) atoms. The molecule has 3 N–H and O–H groups in total. The average molecular weight is 292 g/mol. The van der Waals surface area contributed by atoms with Crippen LogP contribution in [0.3, 0.4) is 0 Å². The number of hydrogen-bond donors (Lipinski definition) is 2. The largest absolute Gasteiger partial charge is 1.00 e. The molecule has 0 aromatic carbocycles. The van der Waals surface area contributed by atoms with Crippen molar-refractivity contribution in [3.63, 3.8) is 0 Å². The van der Waals surface area contributed by atoms with Crippen molar-refractivity contribution < 1.29 is 53.1 Å². The summed E-state index contributed by atoms with van der Waals surface area (Å²) in [4.78, 5) is 4.36. The summed E-state index contributed by atoms with van der Waals surface area (Å²) in [7, 11) is -3.81. The molecule has 7 nitrogen and oxygen atoms in total. The first-order valence-electron chi connectivity index (χ1n) is 5.52. The number of piperazine rings is 1. The number of aliphatic hydroxyl groups excluding tert-OH is 1. The molecule has 0 aliphatic carbocycles. The molecular weight excluding hydrogens is 271 g/mol. The molecule has 0 amide bonds. The van der Waals surface area contributed by atoms with Crippen LogP contribution < -0.4 is 29.6 Å². The molecule has 0 spiro atoms. The van der Waals surface area contributed by atoms with Crippen LogP contribution in [0.1, 0.15) is 6.42 Å². The van der Waals surface area contributed by atoms with Crippen molar-refractivity contribution in [3.05, 3.63) is 0 Å². The zero-order chi connectivity index (χ0) is 12.0. The molecule has 9 heteroatoms. The van der Waals surface area contributed by atoms with E-state index in [2.05, 4.69) is 9.80 Å². The molecule has 1 rings (SSSR count). The van der Waals surface area contributed by atoms with Gasteiger partial charge in [0.25, 0.3) is 10.1 Å². The maximum Gasteiger partial charge on any atom is 1.00 e. The normalized spacial score (nSPS) is 17.9. The van der Waals surface area contributed by atoms with Gasteiger partial charge in [-0.2, -0.15) is 8.42 Å².